The van der Waals surface area contributed by atoms with Gasteiger partial charge in [-0.25, -0.2) is 0 Å². The molecule has 3 aromatic carbocycles. The van der Waals surface area contributed by atoms with Crippen molar-refractivity contribution in [3.63, 3.8) is 0 Å². The van der Waals surface area contributed by atoms with Gasteiger partial charge in [-0.2, -0.15) is 0 Å². The molecule has 4 rings (SSSR count). The fraction of sp³-hybridized carbons (Fsp3) is 0.200. The smallest absolute Gasteiger partial charge is 0.311 e. The Hall–Kier alpha value is -5.14. The number of nitrogens with two attached hydrogens (primary N) is 1. The van der Waals surface area contributed by atoms with E-state index in [1.807, 2.05) is 63.4 Å². The number of hydrogen-bond donors (Lipinski definition) is 1. The second-order valence-corrected chi connectivity index (χ2v) is 12.6. The van der Waals surface area contributed by atoms with E-state index in [1.165, 1.54) is 22.5 Å². The highest BCUT2D eigenvalue weighted by molar-refractivity contribution is 7.18. The molecule has 0 saturated heterocycles. The molecule has 0 radical (unpaired) electrons. The van der Waals surface area contributed by atoms with Crippen LogP contribution in [0.4, 0.5) is 28.4 Å². The van der Waals surface area contributed by atoms with Gasteiger partial charge in [-0.15, -0.1) is 11.3 Å². The molecule has 0 fully saturated rings. The van der Waals surface area contributed by atoms with Crippen LogP contribution in [-0.4, -0.2) is 18.5 Å². The summed E-state index contributed by atoms with van der Waals surface area (Å²) in [5.74, 6) is 0. The molecule has 2 N–H and O–H groups in total. The molecule has 7 heteroatoms. The minimum Gasteiger partial charge on any atom is -0.392 e. The van der Waals surface area contributed by atoms with E-state index < -0.39 is 0 Å². The van der Waals surface area contributed by atoms with E-state index in [-0.39, 0.29) is 16.3 Å². The van der Waals surface area contributed by atoms with Crippen LogP contribution < -0.4 is 15.5 Å². The Morgan fingerprint density at radius 3 is 2.19 bits per heavy atom. The lowest BCUT2D eigenvalue weighted by Gasteiger charge is -2.25. The Labute approximate surface area is 283 Å². The number of benzene rings is 3. The van der Waals surface area contributed by atoms with Gasteiger partial charge in [0.15, 0.2) is 0 Å². The summed E-state index contributed by atoms with van der Waals surface area (Å²) in [4.78, 5) is 17.6. The third-order valence-electron chi connectivity index (χ3n) is 7.64. The van der Waals surface area contributed by atoms with Crippen LogP contribution in [0.1, 0.15) is 43.2 Å². The molecule has 0 aliphatic rings. The number of aryl methyl sites for hydroxylation is 2. The molecule has 0 saturated carbocycles. The first kappa shape index (κ1) is 34.7. The molecule has 6 nitrogen and oxygen atoms in total. The van der Waals surface area contributed by atoms with Crippen LogP contribution in [0, 0.1) is 24.0 Å². The molecular weight excluding hydrogens is 601 g/mol. The van der Waals surface area contributed by atoms with E-state index in [2.05, 4.69) is 104 Å². The monoisotopic (exact) mass is 644 g/mol. The highest BCUT2D eigenvalue weighted by Gasteiger charge is 2.28. The molecule has 0 bridgehead atoms. The number of thiophene rings is 1. The Bertz CT molecular complexity index is 1860. The normalized spacial score (nSPS) is 12.2. The number of rotatable bonds is 13. The van der Waals surface area contributed by atoms with Crippen molar-refractivity contribution in [3.8, 4) is 10.4 Å². The summed E-state index contributed by atoms with van der Waals surface area (Å²) in [6, 6.07) is 24.5. The first-order valence-corrected chi connectivity index (χ1v) is 16.5. The largest absolute Gasteiger partial charge is 0.392 e. The van der Waals surface area contributed by atoms with Crippen molar-refractivity contribution in [1.29, 1.82) is 0 Å². The van der Waals surface area contributed by atoms with Crippen molar-refractivity contribution < 1.29 is 4.92 Å². The minimum absolute atomic E-state index is 0.0543. The van der Waals surface area contributed by atoms with Gasteiger partial charge in [0.2, 0.25) is 0 Å². The third-order valence-corrected chi connectivity index (χ3v) is 8.93. The quantitative estimate of drug-likeness (QED) is 0.0890. The van der Waals surface area contributed by atoms with Crippen molar-refractivity contribution in [1.82, 2.24) is 0 Å². The molecule has 0 atom stereocenters. The Morgan fingerprint density at radius 1 is 0.979 bits per heavy atom. The van der Waals surface area contributed by atoms with Crippen LogP contribution >= 0.6 is 11.3 Å². The lowest BCUT2D eigenvalue weighted by atomic mass is 10.1. The van der Waals surface area contributed by atoms with E-state index in [1.54, 1.807) is 0 Å². The molecule has 1 heterocycles. The van der Waals surface area contributed by atoms with E-state index in [0.29, 0.717) is 16.3 Å². The number of nitrogens with zero attached hydrogens (tertiary/aromatic N) is 3. The minimum atomic E-state index is -0.365. The first-order valence-electron chi connectivity index (χ1n) is 15.7. The van der Waals surface area contributed by atoms with Crippen molar-refractivity contribution in [2.45, 2.75) is 41.0 Å². The van der Waals surface area contributed by atoms with Crippen LogP contribution in [0.3, 0.4) is 0 Å². The van der Waals surface area contributed by atoms with Crippen molar-refractivity contribution >= 4 is 45.3 Å². The van der Waals surface area contributed by atoms with Gasteiger partial charge < -0.3 is 15.5 Å². The van der Waals surface area contributed by atoms with E-state index in [4.69, 9.17) is 5.73 Å². The van der Waals surface area contributed by atoms with E-state index in [0.717, 1.165) is 45.9 Å². The number of hydrogen-bond acceptors (Lipinski definition) is 6. The summed E-state index contributed by atoms with van der Waals surface area (Å²) in [5.41, 5.74) is 15.7. The van der Waals surface area contributed by atoms with Crippen LogP contribution in [0.5, 0.6) is 0 Å². The van der Waals surface area contributed by atoms with Gasteiger partial charge in [0.05, 0.1) is 9.80 Å². The molecule has 0 aliphatic heterocycles. The molecule has 0 amide bonds. The average Bonchev–Trinajstić information content (AvgIpc) is 3.39. The van der Waals surface area contributed by atoms with E-state index in [9.17, 15) is 10.1 Å². The standard InChI is InChI=1S/C40H44N4O2S/c1-8-13-31(17-12-24-43(35(14-9-2)25-28(3)4)36-19-11-16-30(6)27-36)39-37(41)38(44(45)46)40(47-39)32-20-22-33(23-21-32)42(7)34-18-10-15-29(5)26-34/h9-23,25-27H,3,8,24,41H2,1-2,4-7H3/b14-9?,17-12-,31-13+,35-25+. The lowest BCUT2D eigenvalue weighted by molar-refractivity contribution is -0.382. The van der Waals surface area contributed by atoms with Gasteiger partial charge in [-0.05, 0) is 105 Å². The first-order chi connectivity index (χ1) is 22.5. The maximum absolute atomic E-state index is 12.4. The molecule has 4 aromatic rings. The zero-order valence-corrected chi connectivity index (χ0v) is 29.0. The van der Waals surface area contributed by atoms with Gasteiger partial charge in [-0.3, -0.25) is 10.1 Å². The van der Waals surface area contributed by atoms with Crippen molar-refractivity contribution in [2.24, 2.45) is 0 Å². The summed E-state index contributed by atoms with van der Waals surface area (Å²) >= 11 is 1.36. The molecule has 47 heavy (non-hydrogen) atoms. The van der Waals surface area contributed by atoms with E-state index >= 15 is 0 Å². The maximum atomic E-state index is 12.4. The Kier molecular flexibility index (Phi) is 11.8. The predicted octanol–water partition coefficient (Wildman–Crippen LogP) is 11.2. The lowest BCUT2D eigenvalue weighted by Crippen LogP contribution is -2.22. The summed E-state index contributed by atoms with van der Waals surface area (Å²) in [6.07, 6.45) is 13.1. The summed E-state index contributed by atoms with van der Waals surface area (Å²) in [6.45, 7) is 14.9. The fourth-order valence-corrected chi connectivity index (χ4v) is 6.60. The Balaban J connectivity index is 1.70. The second kappa shape index (κ2) is 15.9. The van der Waals surface area contributed by atoms with Crippen LogP contribution in [0.15, 0.2) is 127 Å². The van der Waals surface area contributed by atoms with Crippen LogP contribution in [0.2, 0.25) is 0 Å². The highest BCUT2D eigenvalue weighted by atomic mass is 32.1. The van der Waals surface area contributed by atoms with Crippen LogP contribution in [0.25, 0.3) is 16.0 Å². The van der Waals surface area contributed by atoms with Gasteiger partial charge >= 0.3 is 5.69 Å². The number of anilines is 4. The zero-order chi connectivity index (χ0) is 34.1. The topological polar surface area (TPSA) is 75.6 Å². The fourth-order valence-electron chi connectivity index (χ4n) is 5.39. The number of allylic oxidation sites excluding steroid dienone is 7. The molecule has 242 valence electrons. The van der Waals surface area contributed by atoms with Crippen LogP contribution in [-0.2, 0) is 0 Å². The van der Waals surface area contributed by atoms with Crippen molar-refractivity contribution in [3.05, 3.63) is 153 Å². The third kappa shape index (κ3) is 8.57. The molecule has 0 aliphatic carbocycles. The summed E-state index contributed by atoms with van der Waals surface area (Å²) < 4.78 is 0. The molecule has 1 aromatic heterocycles. The zero-order valence-electron chi connectivity index (χ0n) is 28.2. The van der Waals surface area contributed by atoms with Gasteiger partial charge in [-0.1, -0.05) is 79.8 Å². The SMILES string of the molecule is C=C(C)/C=C(\C=CC)N(C/C=C\C(=C/CC)c1sc(-c2ccc(N(C)c3cccc(C)c3)cc2)c([N+](=O)[O-])c1N)c1cccc(C)c1. The predicted molar refractivity (Wildman–Crippen MR) is 204 cm³/mol. The number of nitro groups is 1. The van der Waals surface area contributed by atoms with Crippen molar-refractivity contribution in [2.75, 3.05) is 29.1 Å². The highest BCUT2D eigenvalue weighted by Crippen LogP contribution is 2.47. The number of nitrogen functional groups attached to an aromatic ring is 1. The Morgan fingerprint density at radius 2 is 1.62 bits per heavy atom. The molecule has 0 spiro atoms. The van der Waals surface area contributed by atoms with Gasteiger partial charge in [0, 0.05) is 36.4 Å². The second-order valence-electron chi connectivity index (χ2n) is 11.6. The molecular formula is C40H44N4O2S. The van der Waals surface area contributed by atoms with Gasteiger partial charge in [0.1, 0.15) is 10.6 Å². The average molecular weight is 645 g/mol. The summed E-state index contributed by atoms with van der Waals surface area (Å²) in [7, 11) is 2.01. The summed E-state index contributed by atoms with van der Waals surface area (Å²) in [5, 5.41) is 12.4. The maximum Gasteiger partial charge on any atom is 0.311 e. The van der Waals surface area contributed by atoms with Gasteiger partial charge in [0.25, 0.3) is 0 Å². The molecule has 0 unspecified atom stereocenters.